The summed E-state index contributed by atoms with van der Waals surface area (Å²) in [6.07, 6.45) is -9.53. The van der Waals surface area contributed by atoms with Crippen LogP contribution in [-0.2, 0) is 6.18 Å². The third-order valence-corrected chi connectivity index (χ3v) is 2.53. The summed E-state index contributed by atoms with van der Waals surface area (Å²) in [7, 11) is 0. The summed E-state index contributed by atoms with van der Waals surface area (Å²) in [6.45, 7) is -1.94. The van der Waals surface area contributed by atoms with Gasteiger partial charge in [0, 0.05) is 11.9 Å². The lowest BCUT2D eigenvalue weighted by Gasteiger charge is -2.15. The van der Waals surface area contributed by atoms with Gasteiger partial charge in [0.05, 0.1) is 0 Å². The minimum Gasteiger partial charge on any atom is -0.467 e. The second-order valence-corrected chi connectivity index (χ2v) is 4.45. The fraction of sp³-hybridized carbons (Fsp3) is 0.231. The molecular weight excluding hydrogens is 347 g/mol. The molecular formula is C13H8F7N3O. The van der Waals surface area contributed by atoms with Crippen molar-refractivity contribution in [3.05, 3.63) is 41.8 Å². The van der Waals surface area contributed by atoms with E-state index in [1.807, 2.05) is 0 Å². The van der Waals surface area contributed by atoms with Crippen molar-refractivity contribution in [1.29, 1.82) is 0 Å². The number of nitrogens with one attached hydrogen (secondary N) is 1. The van der Waals surface area contributed by atoms with E-state index in [-0.39, 0.29) is 5.69 Å². The van der Waals surface area contributed by atoms with Crippen LogP contribution >= 0.6 is 0 Å². The van der Waals surface area contributed by atoms with Crippen LogP contribution in [0.5, 0.6) is 5.88 Å². The van der Waals surface area contributed by atoms with Gasteiger partial charge in [-0.05, 0) is 24.3 Å². The van der Waals surface area contributed by atoms with Crippen molar-refractivity contribution in [2.75, 3.05) is 11.9 Å². The number of rotatable bonds is 4. The van der Waals surface area contributed by atoms with E-state index in [2.05, 4.69) is 20.0 Å². The quantitative estimate of drug-likeness (QED) is 0.830. The lowest BCUT2D eigenvalue weighted by Crippen LogP contribution is -2.22. The normalized spacial score (nSPS) is 12.1. The fourth-order valence-electron chi connectivity index (χ4n) is 1.54. The lowest BCUT2D eigenvalue weighted by atomic mass is 10.3. The number of aromatic nitrogens is 2. The molecule has 1 aromatic heterocycles. The summed E-state index contributed by atoms with van der Waals surface area (Å²) in [5, 5.41) is 2.43. The summed E-state index contributed by atoms with van der Waals surface area (Å²) >= 11 is 0. The third-order valence-electron chi connectivity index (χ3n) is 2.53. The molecule has 0 radical (unpaired) electrons. The third kappa shape index (κ3) is 4.96. The molecule has 0 amide bonds. The number of ether oxygens (including phenoxy) is 1. The highest BCUT2D eigenvalue weighted by atomic mass is 19.4. The molecule has 2 aromatic rings. The second-order valence-electron chi connectivity index (χ2n) is 4.45. The fourth-order valence-corrected chi connectivity index (χ4v) is 1.54. The minimum atomic E-state index is -4.99. The highest BCUT2D eigenvalue weighted by Crippen LogP contribution is 2.35. The standard InChI is InChI=1S/C13H8F7N3O/c14-7-1-3-8(4-2-7)22-11-21-5-9(13(18,19)20)10(23-11)24-6-12(15,16)17/h1-5H,6H2,(H,21,22,23). The molecule has 0 aliphatic carbocycles. The summed E-state index contributed by atoms with van der Waals surface area (Å²) in [5.74, 6) is -2.26. The van der Waals surface area contributed by atoms with Crippen molar-refractivity contribution in [3.8, 4) is 5.88 Å². The first kappa shape index (κ1) is 17.8. The van der Waals surface area contributed by atoms with E-state index in [4.69, 9.17) is 0 Å². The SMILES string of the molecule is Fc1ccc(Nc2ncc(C(F)(F)F)c(OCC(F)(F)F)n2)cc1. The van der Waals surface area contributed by atoms with Gasteiger partial charge < -0.3 is 10.1 Å². The van der Waals surface area contributed by atoms with Gasteiger partial charge in [0.25, 0.3) is 0 Å². The first-order valence-electron chi connectivity index (χ1n) is 6.21. The summed E-state index contributed by atoms with van der Waals surface area (Å²) < 4.78 is 91.7. The van der Waals surface area contributed by atoms with Gasteiger partial charge in [0.15, 0.2) is 6.61 Å². The number of hydrogen-bond donors (Lipinski definition) is 1. The van der Waals surface area contributed by atoms with Crippen LogP contribution < -0.4 is 10.1 Å². The predicted octanol–water partition coefficient (Wildman–Crippen LogP) is 4.32. The van der Waals surface area contributed by atoms with Crippen LogP contribution in [0.4, 0.5) is 42.4 Å². The highest BCUT2D eigenvalue weighted by Gasteiger charge is 2.38. The Morgan fingerprint density at radius 2 is 1.62 bits per heavy atom. The zero-order valence-electron chi connectivity index (χ0n) is 11.5. The van der Waals surface area contributed by atoms with Crippen LogP contribution in [0.2, 0.25) is 0 Å². The molecule has 130 valence electrons. The predicted molar refractivity (Wildman–Crippen MR) is 68.3 cm³/mol. The first-order chi connectivity index (χ1) is 11.0. The largest absolute Gasteiger partial charge is 0.467 e. The van der Waals surface area contributed by atoms with E-state index in [1.165, 1.54) is 12.1 Å². The molecule has 11 heteroatoms. The Bertz CT molecular complexity index is 698. The van der Waals surface area contributed by atoms with E-state index in [0.717, 1.165) is 12.1 Å². The number of anilines is 2. The van der Waals surface area contributed by atoms with Crippen LogP contribution in [0, 0.1) is 5.82 Å². The molecule has 24 heavy (non-hydrogen) atoms. The average Bonchev–Trinajstić information content (AvgIpc) is 2.46. The zero-order valence-corrected chi connectivity index (χ0v) is 11.5. The molecule has 0 saturated carbocycles. The van der Waals surface area contributed by atoms with Gasteiger partial charge in [-0.25, -0.2) is 9.37 Å². The van der Waals surface area contributed by atoms with Gasteiger partial charge in [-0.15, -0.1) is 0 Å². The van der Waals surface area contributed by atoms with Crippen molar-refractivity contribution in [3.63, 3.8) is 0 Å². The molecule has 1 N–H and O–H groups in total. The van der Waals surface area contributed by atoms with Crippen molar-refractivity contribution < 1.29 is 35.5 Å². The van der Waals surface area contributed by atoms with Gasteiger partial charge in [-0.3, -0.25) is 0 Å². The molecule has 1 aromatic carbocycles. The molecule has 1 heterocycles. The maximum Gasteiger partial charge on any atom is 0.423 e. The van der Waals surface area contributed by atoms with Gasteiger partial charge >= 0.3 is 12.4 Å². The highest BCUT2D eigenvalue weighted by molar-refractivity contribution is 5.53. The Kier molecular flexibility index (Phi) is 4.81. The van der Waals surface area contributed by atoms with Crippen LogP contribution in [0.3, 0.4) is 0 Å². The topological polar surface area (TPSA) is 47.0 Å². The van der Waals surface area contributed by atoms with Crippen LogP contribution in [0.1, 0.15) is 5.56 Å². The van der Waals surface area contributed by atoms with Gasteiger partial charge in [0.2, 0.25) is 11.8 Å². The average molecular weight is 355 g/mol. The van der Waals surface area contributed by atoms with Gasteiger partial charge in [0.1, 0.15) is 11.4 Å². The number of nitrogens with zero attached hydrogens (tertiary/aromatic N) is 2. The maximum absolute atomic E-state index is 12.8. The maximum atomic E-state index is 12.8. The molecule has 0 saturated heterocycles. The van der Waals surface area contributed by atoms with E-state index < -0.39 is 42.2 Å². The van der Waals surface area contributed by atoms with Crippen molar-refractivity contribution in [2.45, 2.75) is 12.4 Å². The number of benzene rings is 1. The Balaban J connectivity index is 2.28. The van der Waals surface area contributed by atoms with Gasteiger partial charge in [-0.2, -0.15) is 31.3 Å². The second kappa shape index (κ2) is 6.49. The summed E-state index contributed by atoms with van der Waals surface area (Å²) in [6, 6.07) is 4.61. The number of halogens is 7. The molecule has 0 atom stereocenters. The van der Waals surface area contributed by atoms with Crippen molar-refractivity contribution in [2.24, 2.45) is 0 Å². The van der Waals surface area contributed by atoms with E-state index in [9.17, 15) is 30.7 Å². The van der Waals surface area contributed by atoms with Crippen LogP contribution in [0.15, 0.2) is 30.5 Å². The number of hydrogen-bond acceptors (Lipinski definition) is 4. The monoisotopic (exact) mass is 355 g/mol. The molecule has 0 spiro atoms. The summed E-state index contributed by atoms with van der Waals surface area (Å²) in [4.78, 5) is 6.67. The Hall–Kier alpha value is -2.59. The zero-order chi connectivity index (χ0) is 18.0. The minimum absolute atomic E-state index is 0.220. The van der Waals surface area contributed by atoms with E-state index >= 15 is 0 Å². The number of alkyl halides is 6. The van der Waals surface area contributed by atoms with Crippen molar-refractivity contribution in [1.82, 2.24) is 9.97 Å². The van der Waals surface area contributed by atoms with Crippen LogP contribution in [0.25, 0.3) is 0 Å². The molecule has 4 nitrogen and oxygen atoms in total. The Morgan fingerprint density at radius 1 is 1.00 bits per heavy atom. The van der Waals surface area contributed by atoms with E-state index in [1.54, 1.807) is 0 Å². The molecule has 0 fully saturated rings. The lowest BCUT2D eigenvalue weighted by molar-refractivity contribution is -0.159. The molecule has 2 rings (SSSR count). The van der Waals surface area contributed by atoms with E-state index in [0.29, 0.717) is 6.20 Å². The summed E-state index contributed by atoms with van der Waals surface area (Å²) in [5.41, 5.74) is -1.32. The molecule has 0 unspecified atom stereocenters. The molecule has 0 aliphatic heterocycles. The van der Waals surface area contributed by atoms with Crippen molar-refractivity contribution >= 4 is 11.6 Å². The first-order valence-corrected chi connectivity index (χ1v) is 6.21. The molecule has 0 aliphatic rings. The Morgan fingerprint density at radius 3 is 2.17 bits per heavy atom. The van der Waals surface area contributed by atoms with Gasteiger partial charge in [-0.1, -0.05) is 0 Å². The molecule has 0 bridgehead atoms. The smallest absolute Gasteiger partial charge is 0.423 e. The Labute approximate surface area is 130 Å². The van der Waals surface area contributed by atoms with Crippen LogP contribution in [-0.4, -0.2) is 22.8 Å².